The van der Waals surface area contributed by atoms with E-state index in [4.69, 9.17) is 13.0 Å². The third kappa shape index (κ3) is 17.6. The normalized spacial score (nSPS) is 14.8. The molecule has 0 spiro atoms. The number of unbranched alkanes of at least 4 members (excludes halogenated alkanes) is 6. The second-order valence-electron chi connectivity index (χ2n) is 5.19. The summed E-state index contributed by atoms with van der Waals surface area (Å²) in [6.45, 7) is 4.91. The number of rotatable bonds is 8. The minimum atomic E-state index is -3.92. The van der Waals surface area contributed by atoms with Gasteiger partial charge in [0, 0.05) is 25.5 Å². The van der Waals surface area contributed by atoms with Gasteiger partial charge in [-0.3, -0.25) is 0 Å². The molecule has 0 saturated heterocycles. The summed E-state index contributed by atoms with van der Waals surface area (Å²) in [6, 6.07) is 0. The minimum Gasteiger partial charge on any atom is -0.748 e. The molecular formula is C14H29NO3S. The van der Waals surface area contributed by atoms with Crippen LogP contribution in [0.1, 0.15) is 64.7 Å². The number of nitrogens with zero attached hydrogens (tertiary/aromatic N) is 1. The first-order chi connectivity index (χ1) is 8.93. The Morgan fingerprint density at radius 2 is 1.63 bits per heavy atom. The van der Waals surface area contributed by atoms with Gasteiger partial charge in [0.25, 0.3) is 0 Å². The minimum absolute atomic E-state index is 0.604. The van der Waals surface area contributed by atoms with Crippen LogP contribution in [0.5, 0.6) is 0 Å². The zero-order chi connectivity index (χ0) is 14.6. The maximum Gasteiger partial charge on any atom is 0.143 e. The van der Waals surface area contributed by atoms with Gasteiger partial charge >= 0.3 is 0 Å². The first-order valence-corrected chi connectivity index (χ1v) is 9.23. The van der Waals surface area contributed by atoms with Crippen LogP contribution in [-0.4, -0.2) is 43.1 Å². The van der Waals surface area contributed by atoms with Gasteiger partial charge in [-0.25, -0.2) is 13.0 Å². The van der Waals surface area contributed by atoms with Gasteiger partial charge in [0.15, 0.2) is 0 Å². The molecule has 0 N–H and O–H groups in total. The van der Waals surface area contributed by atoms with Crippen LogP contribution in [0.3, 0.4) is 0 Å². The van der Waals surface area contributed by atoms with E-state index >= 15 is 0 Å². The monoisotopic (exact) mass is 291 g/mol. The van der Waals surface area contributed by atoms with Gasteiger partial charge < -0.3 is 4.55 Å². The molecule has 1 aliphatic heterocycles. The fourth-order valence-corrected chi connectivity index (χ4v) is 2.13. The molecule has 0 aromatic rings. The first kappa shape index (κ1) is 18.6. The van der Waals surface area contributed by atoms with Crippen molar-refractivity contribution < 1.29 is 17.5 Å². The summed E-state index contributed by atoms with van der Waals surface area (Å²) in [7, 11) is -3.92. The standard InChI is InChI=1S/C13H26N.CH4O3S/c1-2-3-4-5-6-7-8-11-14-12-9-10-13-14;1-5(2,3)4/h12H,2-11,13H2,1H3;1H3,(H,2,3,4)/q+1;/p-1. The molecule has 4 nitrogen and oxygen atoms in total. The lowest BCUT2D eigenvalue weighted by molar-refractivity contribution is -0.516. The molecule has 0 amide bonds. The van der Waals surface area contributed by atoms with E-state index in [1.807, 2.05) is 0 Å². The van der Waals surface area contributed by atoms with Crippen molar-refractivity contribution in [3.63, 3.8) is 0 Å². The summed E-state index contributed by atoms with van der Waals surface area (Å²) in [6.07, 6.45) is 15.7. The smallest absolute Gasteiger partial charge is 0.143 e. The van der Waals surface area contributed by atoms with E-state index in [2.05, 4.69) is 17.7 Å². The molecule has 114 valence electrons. The molecule has 1 aliphatic rings. The molecule has 0 saturated carbocycles. The molecule has 1 rings (SSSR count). The summed E-state index contributed by atoms with van der Waals surface area (Å²) in [5.74, 6) is 0. The molecule has 0 aliphatic carbocycles. The topological polar surface area (TPSA) is 60.2 Å². The summed E-state index contributed by atoms with van der Waals surface area (Å²) in [5, 5.41) is 0. The number of hydrogen-bond donors (Lipinski definition) is 0. The van der Waals surface area contributed by atoms with E-state index in [0.717, 1.165) is 0 Å². The summed E-state index contributed by atoms with van der Waals surface area (Å²) < 4.78 is 29.7. The van der Waals surface area contributed by atoms with Crippen LogP contribution in [0.2, 0.25) is 0 Å². The average Bonchev–Trinajstić information content (AvgIpc) is 2.78. The van der Waals surface area contributed by atoms with Crippen molar-refractivity contribution in [2.45, 2.75) is 64.7 Å². The molecule has 0 atom stereocenters. The van der Waals surface area contributed by atoms with Gasteiger partial charge in [-0.15, -0.1) is 0 Å². The second kappa shape index (κ2) is 11.4. The molecule has 0 radical (unpaired) electrons. The fourth-order valence-electron chi connectivity index (χ4n) is 2.13. The molecule has 0 unspecified atom stereocenters. The van der Waals surface area contributed by atoms with Gasteiger partial charge in [-0.05, 0) is 6.42 Å². The molecule has 5 heteroatoms. The quantitative estimate of drug-likeness (QED) is 0.392. The predicted molar refractivity (Wildman–Crippen MR) is 78.9 cm³/mol. The third-order valence-electron chi connectivity index (χ3n) is 3.09. The van der Waals surface area contributed by atoms with E-state index in [0.29, 0.717) is 6.26 Å². The Kier molecular flexibility index (Phi) is 11.2. The summed E-state index contributed by atoms with van der Waals surface area (Å²) in [5.41, 5.74) is 0. The molecular weight excluding hydrogens is 262 g/mol. The molecule has 0 aromatic heterocycles. The van der Waals surface area contributed by atoms with Gasteiger partial charge in [0.05, 0.1) is 10.1 Å². The Hall–Kier alpha value is -0.420. The van der Waals surface area contributed by atoms with E-state index in [-0.39, 0.29) is 0 Å². The van der Waals surface area contributed by atoms with Crippen molar-refractivity contribution in [3.8, 4) is 0 Å². The highest BCUT2D eigenvalue weighted by Gasteiger charge is 2.09. The average molecular weight is 291 g/mol. The summed E-state index contributed by atoms with van der Waals surface area (Å²) in [4.78, 5) is 0. The highest BCUT2D eigenvalue weighted by atomic mass is 32.2. The van der Waals surface area contributed by atoms with Crippen LogP contribution in [0.25, 0.3) is 0 Å². The zero-order valence-corrected chi connectivity index (χ0v) is 13.3. The van der Waals surface area contributed by atoms with Crippen molar-refractivity contribution in [1.82, 2.24) is 0 Å². The van der Waals surface area contributed by atoms with Crippen LogP contribution in [-0.2, 0) is 10.1 Å². The number of hydrogen-bond acceptors (Lipinski definition) is 3. The molecule has 0 bridgehead atoms. The van der Waals surface area contributed by atoms with Crippen molar-refractivity contribution in [3.05, 3.63) is 0 Å². The van der Waals surface area contributed by atoms with Crippen LogP contribution < -0.4 is 0 Å². The van der Waals surface area contributed by atoms with Crippen LogP contribution in [0.4, 0.5) is 0 Å². The van der Waals surface area contributed by atoms with Gasteiger partial charge in [-0.1, -0.05) is 39.0 Å². The third-order valence-corrected chi connectivity index (χ3v) is 3.09. The Balaban J connectivity index is 0.000000555. The lowest BCUT2D eigenvalue weighted by Gasteiger charge is -2.00. The maximum absolute atomic E-state index is 9.08. The molecule has 0 aromatic carbocycles. The van der Waals surface area contributed by atoms with Gasteiger partial charge in [-0.2, -0.15) is 0 Å². The highest BCUT2D eigenvalue weighted by Crippen LogP contribution is 2.07. The van der Waals surface area contributed by atoms with E-state index in [1.165, 1.54) is 70.9 Å². The van der Waals surface area contributed by atoms with Crippen LogP contribution >= 0.6 is 0 Å². The maximum atomic E-state index is 9.08. The van der Waals surface area contributed by atoms with Gasteiger partial charge in [0.1, 0.15) is 19.3 Å². The molecule has 19 heavy (non-hydrogen) atoms. The van der Waals surface area contributed by atoms with E-state index < -0.39 is 10.1 Å². The summed E-state index contributed by atoms with van der Waals surface area (Å²) >= 11 is 0. The Morgan fingerprint density at radius 3 is 2.11 bits per heavy atom. The lowest BCUT2D eigenvalue weighted by Crippen LogP contribution is -2.09. The largest absolute Gasteiger partial charge is 0.748 e. The van der Waals surface area contributed by atoms with Gasteiger partial charge in [0.2, 0.25) is 0 Å². The predicted octanol–water partition coefficient (Wildman–Crippen LogP) is 2.78. The second-order valence-corrected chi connectivity index (χ2v) is 6.59. The zero-order valence-electron chi connectivity index (χ0n) is 12.4. The highest BCUT2D eigenvalue weighted by molar-refractivity contribution is 7.84. The van der Waals surface area contributed by atoms with E-state index in [1.54, 1.807) is 0 Å². The Labute approximate surface area is 118 Å². The molecule has 1 heterocycles. The molecule has 0 fully saturated rings. The Bertz CT molecular complexity index is 329. The van der Waals surface area contributed by atoms with Crippen molar-refractivity contribution in [1.29, 1.82) is 0 Å². The Morgan fingerprint density at radius 1 is 1.11 bits per heavy atom. The van der Waals surface area contributed by atoms with Crippen LogP contribution in [0, 0.1) is 0 Å². The van der Waals surface area contributed by atoms with Crippen molar-refractivity contribution in [2.75, 3.05) is 19.3 Å². The lowest BCUT2D eigenvalue weighted by atomic mass is 10.1. The van der Waals surface area contributed by atoms with Crippen LogP contribution in [0.15, 0.2) is 0 Å². The first-order valence-electron chi connectivity index (χ1n) is 7.41. The fraction of sp³-hybridized carbons (Fsp3) is 0.929. The van der Waals surface area contributed by atoms with Crippen molar-refractivity contribution in [2.24, 2.45) is 0 Å². The van der Waals surface area contributed by atoms with E-state index in [9.17, 15) is 0 Å². The van der Waals surface area contributed by atoms with Crippen molar-refractivity contribution >= 4 is 16.3 Å². The SMILES string of the molecule is CCCCCCCCC[N+]1=CCCC1.CS(=O)(=O)[O-].